The fourth-order valence-corrected chi connectivity index (χ4v) is 11.6. The molecule has 0 aromatic rings. The van der Waals surface area contributed by atoms with E-state index in [9.17, 15) is 45.6 Å². The summed E-state index contributed by atoms with van der Waals surface area (Å²) in [6.45, 7) is 19.1. The summed E-state index contributed by atoms with van der Waals surface area (Å²) < 4.78 is 72.2. The molecule has 5 heterocycles. The van der Waals surface area contributed by atoms with Crippen molar-refractivity contribution in [3.63, 3.8) is 0 Å². The van der Waals surface area contributed by atoms with E-state index in [4.69, 9.17) is 56.8 Å². The number of carbonyl (C=O) groups is 1. The van der Waals surface area contributed by atoms with Gasteiger partial charge in [-0.05, 0) is 74.3 Å². The maximum Gasteiger partial charge on any atom is 0.334 e. The molecule has 21 heteroatoms. The van der Waals surface area contributed by atoms with E-state index < -0.39 is 152 Å². The number of cyclic esters (lactones) is 1. The molecular weight excluding hydrogens is 1030 g/mol. The van der Waals surface area contributed by atoms with Gasteiger partial charge >= 0.3 is 5.97 Å². The first kappa shape index (κ1) is 67.2. The number of methoxy groups -OCH3 is 4. The Morgan fingerprint density at radius 2 is 1.39 bits per heavy atom. The van der Waals surface area contributed by atoms with Crippen LogP contribution in [0.3, 0.4) is 0 Å². The van der Waals surface area contributed by atoms with Crippen LogP contribution in [-0.4, -0.2) is 216 Å². The van der Waals surface area contributed by atoms with E-state index in [0.717, 1.165) is 11.1 Å². The van der Waals surface area contributed by atoms with E-state index in [1.54, 1.807) is 47.6 Å². The lowest BCUT2D eigenvalue weighted by molar-refractivity contribution is -0.366. The Morgan fingerprint density at radius 3 is 2.03 bits per heavy atom. The summed E-state index contributed by atoms with van der Waals surface area (Å²) in [6, 6.07) is 0. The highest BCUT2D eigenvalue weighted by Crippen LogP contribution is 2.44. The number of rotatable bonds is 14. The van der Waals surface area contributed by atoms with Gasteiger partial charge in [-0.25, -0.2) is 4.79 Å². The van der Waals surface area contributed by atoms with Gasteiger partial charge in [0, 0.05) is 77.4 Å². The molecule has 23 unspecified atom stereocenters. The van der Waals surface area contributed by atoms with Crippen molar-refractivity contribution in [3.05, 3.63) is 58.7 Å². The van der Waals surface area contributed by atoms with Crippen LogP contribution in [0.1, 0.15) is 115 Å². The second-order valence-electron chi connectivity index (χ2n) is 23.0. The van der Waals surface area contributed by atoms with Crippen molar-refractivity contribution in [3.8, 4) is 0 Å². The maximum absolute atomic E-state index is 14.3. The molecule has 4 saturated heterocycles. The Hall–Kier alpha value is -2.59. The van der Waals surface area contributed by atoms with Crippen molar-refractivity contribution in [2.75, 3.05) is 35.0 Å². The average Bonchev–Trinajstić information content (AvgIpc) is 3.41. The smallest absolute Gasteiger partial charge is 0.334 e. The molecule has 0 radical (unpaired) electrons. The standard InChI is InChI=1S/C58H96O21/c1-29-17-16-18-40(59)44(69-13)25-41(60)54(78-55(65)33(5)23-31(3)21-30(2)22-32(4)42(20-19-29)76-56-51(64)50(63)52(71-15)37(9)74-56)58(67)35(7)48(61)34(6)43(79-58)24-39(28-68-12)75-47-27-57(11,66)53(38(10)73-47)77-46-26-45(70-14)49(62)36(8)72-46/h17,19-23,32,34-54,56,59-64,66-67H,16,18,24-28H2,1-15H3/t32?,34?,35?,36?,37?,38?,39?,40?,41?,42?,43?,44?,45?,46?,47?,48?,49?,50?,51?,52?,53?,54?,56?,57-,58+/m0/s1. The number of allylic oxidation sites excluding steroid dienone is 7. The molecule has 8 N–H and O–H groups in total. The first-order valence-electron chi connectivity index (χ1n) is 27.9. The largest absolute Gasteiger partial charge is 0.450 e. The third kappa shape index (κ3) is 17.3. The highest BCUT2D eigenvalue weighted by Gasteiger charge is 2.59. The summed E-state index contributed by atoms with van der Waals surface area (Å²) in [7, 11) is 5.79. The molecule has 5 aliphatic rings. The Kier molecular flexibility index (Phi) is 25.3. The molecule has 0 spiro atoms. The number of esters is 1. The monoisotopic (exact) mass is 1130 g/mol. The van der Waals surface area contributed by atoms with E-state index >= 15 is 0 Å². The topological polar surface area (TPSA) is 290 Å². The van der Waals surface area contributed by atoms with Crippen LogP contribution in [0, 0.1) is 17.8 Å². The quantitative estimate of drug-likeness (QED) is 0.115. The lowest BCUT2D eigenvalue weighted by Gasteiger charge is -2.52. The van der Waals surface area contributed by atoms with Crippen LogP contribution in [-0.2, 0) is 61.6 Å². The van der Waals surface area contributed by atoms with E-state index in [1.807, 2.05) is 51.2 Å². The zero-order valence-corrected chi connectivity index (χ0v) is 49.1. The fourth-order valence-electron chi connectivity index (χ4n) is 11.6. The summed E-state index contributed by atoms with van der Waals surface area (Å²) in [5.74, 6) is -5.55. The van der Waals surface area contributed by atoms with Crippen LogP contribution in [0.15, 0.2) is 58.7 Å². The van der Waals surface area contributed by atoms with Gasteiger partial charge in [-0.3, -0.25) is 0 Å². The predicted octanol–water partition coefficient (Wildman–Crippen LogP) is 3.59. The van der Waals surface area contributed by atoms with Gasteiger partial charge in [-0.15, -0.1) is 0 Å². The molecular formula is C58H96O21. The number of ether oxygens (including phenoxy) is 12. The molecule has 5 rings (SSSR count). The lowest BCUT2D eigenvalue weighted by Crippen LogP contribution is -2.66. The van der Waals surface area contributed by atoms with Crippen molar-refractivity contribution in [2.45, 2.75) is 249 Å². The second kappa shape index (κ2) is 29.8. The third-order valence-electron chi connectivity index (χ3n) is 16.3. The molecule has 21 nitrogen and oxygen atoms in total. The molecule has 25 atom stereocenters. The second-order valence-corrected chi connectivity index (χ2v) is 23.0. The Bertz CT molecular complexity index is 2080. The van der Waals surface area contributed by atoms with Crippen molar-refractivity contribution in [2.24, 2.45) is 17.8 Å². The third-order valence-corrected chi connectivity index (χ3v) is 16.3. The van der Waals surface area contributed by atoms with Crippen LogP contribution in [0.25, 0.3) is 0 Å². The first-order valence-corrected chi connectivity index (χ1v) is 27.9. The molecule has 0 aromatic heterocycles. The van der Waals surface area contributed by atoms with Gasteiger partial charge in [0.15, 0.2) is 25.0 Å². The van der Waals surface area contributed by atoms with E-state index in [2.05, 4.69) is 0 Å². The molecule has 0 amide bonds. The normalized spacial score (nSPS) is 44.3. The van der Waals surface area contributed by atoms with Crippen molar-refractivity contribution < 1.29 is 102 Å². The van der Waals surface area contributed by atoms with E-state index in [1.165, 1.54) is 42.3 Å². The van der Waals surface area contributed by atoms with Crippen molar-refractivity contribution in [1.29, 1.82) is 0 Å². The molecule has 79 heavy (non-hydrogen) atoms. The summed E-state index contributed by atoms with van der Waals surface area (Å²) in [5.41, 5.74) is 0.889. The molecule has 4 fully saturated rings. The van der Waals surface area contributed by atoms with Gasteiger partial charge in [-0.2, -0.15) is 0 Å². The first-order chi connectivity index (χ1) is 37.1. The molecule has 5 aliphatic heterocycles. The molecule has 454 valence electrons. The van der Waals surface area contributed by atoms with Crippen LogP contribution < -0.4 is 0 Å². The summed E-state index contributed by atoms with van der Waals surface area (Å²) >= 11 is 0. The molecule has 0 aliphatic carbocycles. The minimum Gasteiger partial charge on any atom is -0.450 e. The number of carbonyl (C=O) groups excluding carboxylic acids is 1. The summed E-state index contributed by atoms with van der Waals surface area (Å²) in [4.78, 5) is 14.3. The number of aliphatic hydroxyl groups is 8. The van der Waals surface area contributed by atoms with Gasteiger partial charge < -0.3 is 97.7 Å². The average molecular weight is 1130 g/mol. The predicted molar refractivity (Wildman–Crippen MR) is 288 cm³/mol. The van der Waals surface area contributed by atoms with Crippen LogP contribution in [0.4, 0.5) is 0 Å². The van der Waals surface area contributed by atoms with Crippen LogP contribution in [0.2, 0.25) is 0 Å². The highest BCUT2D eigenvalue weighted by molar-refractivity contribution is 5.88. The van der Waals surface area contributed by atoms with Crippen LogP contribution >= 0.6 is 0 Å². The van der Waals surface area contributed by atoms with E-state index in [0.29, 0.717) is 12.0 Å². The molecule has 0 bridgehead atoms. The fraction of sp³-hybridized carbons (Fsp3) is 0.810. The lowest BCUT2D eigenvalue weighted by atomic mass is 9.76. The minimum absolute atomic E-state index is 0.000680. The number of hydrogen-bond donors (Lipinski definition) is 8. The maximum atomic E-state index is 14.3. The van der Waals surface area contributed by atoms with Crippen LogP contribution in [0.5, 0.6) is 0 Å². The Balaban J connectivity index is 1.41. The van der Waals surface area contributed by atoms with E-state index in [-0.39, 0.29) is 50.2 Å². The summed E-state index contributed by atoms with van der Waals surface area (Å²) in [6.07, 6.45) is -8.51. The van der Waals surface area contributed by atoms with Gasteiger partial charge in [0.25, 0.3) is 0 Å². The minimum atomic E-state index is -2.53. The Morgan fingerprint density at radius 1 is 0.722 bits per heavy atom. The molecule has 0 aromatic carbocycles. The van der Waals surface area contributed by atoms with Gasteiger partial charge in [0.2, 0.25) is 5.79 Å². The van der Waals surface area contributed by atoms with Gasteiger partial charge in [0.1, 0.15) is 30.5 Å². The summed E-state index contributed by atoms with van der Waals surface area (Å²) in [5, 5.41) is 92.8. The van der Waals surface area contributed by atoms with Crippen molar-refractivity contribution >= 4 is 5.97 Å². The number of hydrogen-bond acceptors (Lipinski definition) is 21. The molecule has 0 saturated carbocycles. The Labute approximate surface area is 467 Å². The van der Waals surface area contributed by atoms with Gasteiger partial charge in [0.05, 0.1) is 79.4 Å². The van der Waals surface area contributed by atoms with Gasteiger partial charge in [-0.1, -0.05) is 67.9 Å². The zero-order valence-electron chi connectivity index (χ0n) is 49.1. The highest BCUT2D eigenvalue weighted by atomic mass is 16.7. The van der Waals surface area contributed by atoms with Crippen molar-refractivity contribution in [1.82, 2.24) is 0 Å². The number of aliphatic hydroxyl groups excluding tert-OH is 6. The zero-order chi connectivity index (χ0) is 58.8. The SMILES string of the molecule is COCC(CC1O[C@@](O)(C2OC(=O)C(C)=CC(C)=CC(C)=CC(C)C(OC3OC(C)C(OC)C(O)C3O)C=CC(C)=CCCC(O)C(OC)CC2O)C(C)C(O)C1C)OC1C[C@](C)(O)C(OC2CC(OC)C(O)C(C)O2)C(C)O1.